The van der Waals surface area contributed by atoms with Crippen LogP contribution in [0.1, 0.15) is 73.6 Å². The molecule has 12 heteroatoms. The monoisotopic (exact) mass is 506 g/mol. The van der Waals surface area contributed by atoms with Crippen LogP contribution in [0.5, 0.6) is 0 Å². The molecule has 2 rings (SSSR count). The van der Waals surface area contributed by atoms with Crippen molar-refractivity contribution in [3.05, 3.63) is 0 Å². The van der Waals surface area contributed by atoms with Gasteiger partial charge in [0.05, 0.1) is 10.8 Å². The van der Waals surface area contributed by atoms with E-state index in [1.807, 2.05) is 20.8 Å². The molecule has 1 saturated heterocycles. The minimum Gasteiger partial charge on any atom is -0.459 e. The molecule has 0 amide bonds. The molecule has 1 heterocycles. The Morgan fingerprint density at radius 2 is 1.38 bits per heavy atom. The van der Waals surface area contributed by atoms with Gasteiger partial charge in [-0.3, -0.25) is 9.59 Å². The van der Waals surface area contributed by atoms with E-state index in [1.165, 1.54) is 20.8 Å². The Morgan fingerprint density at radius 3 is 1.82 bits per heavy atom. The van der Waals surface area contributed by atoms with E-state index in [0.29, 0.717) is 6.42 Å². The molecule has 2 fully saturated rings. The lowest BCUT2D eigenvalue weighted by molar-refractivity contribution is -0.315. The fourth-order valence-corrected chi connectivity index (χ4v) is 3.12. The summed E-state index contributed by atoms with van der Waals surface area (Å²) in [6.45, 7) is 9.48. The molecule has 0 N–H and O–H groups in total. The highest BCUT2D eigenvalue weighted by Gasteiger charge is 2.60. The summed E-state index contributed by atoms with van der Waals surface area (Å²) in [5, 5.41) is 0. The van der Waals surface area contributed by atoms with E-state index in [9.17, 15) is 40.7 Å². The minimum absolute atomic E-state index is 0.0231. The highest BCUT2D eigenvalue weighted by Crippen LogP contribution is 2.39. The smallest absolute Gasteiger partial charge is 0.434 e. The highest BCUT2D eigenvalue weighted by atomic mass is 19.4. The second kappa shape index (κ2) is 10.7. The van der Waals surface area contributed by atoms with E-state index >= 15 is 0 Å². The summed E-state index contributed by atoms with van der Waals surface area (Å²) in [6.07, 6.45) is -12.5. The summed E-state index contributed by atoms with van der Waals surface area (Å²) >= 11 is 0. The van der Waals surface area contributed by atoms with Crippen molar-refractivity contribution >= 4 is 17.9 Å². The summed E-state index contributed by atoms with van der Waals surface area (Å²) in [5.41, 5.74) is -1.92. The number of esters is 3. The van der Waals surface area contributed by atoms with Gasteiger partial charge in [0.1, 0.15) is 6.10 Å². The third kappa shape index (κ3) is 7.49. The third-order valence-electron chi connectivity index (χ3n) is 6.32. The number of hydrogen-bond donors (Lipinski definition) is 0. The lowest BCUT2D eigenvalue weighted by Gasteiger charge is -2.27. The van der Waals surface area contributed by atoms with Gasteiger partial charge in [-0.15, -0.1) is 0 Å². The molecule has 0 bridgehead atoms. The zero-order chi connectivity index (χ0) is 26.7. The zero-order valence-electron chi connectivity index (χ0n) is 20.1. The van der Waals surface area contributed by atoms with Crippen LogP contribution in [0.15, 0.2) is 0 Å². The first-order chi connectivity index (χ1) is 15.3. The Bertz CT molecular complexity index is 729. The van der Waals surface area contributed by atoms with Gasteiger partial charge in [-0.2, -0.15) is 26.3 Å². The number of carbonyl (C=O) groups is 3. The molecule has 0 aromatic heterocycles. The molecule has 2 aliphatic rings. The lowest BCUT2D eigenvalue weighted by atomic mass is 9.90. The SMILES string of the molecule is CCC(C)(C)C(=O)OC(C(F)(F)F)C(F)(F)F.CCC(C)(C)C(=O)OC1C(=O)OC2CCCC21. The van der Waals surface area contributed by atoms with Crippen LogP contribution >= 0.6 is 0 Å². The van der Waals surface area contributed by atoms with Gasteiger partial charge in [0.15, 0.2) is 0 Å². The first kappa shape index (κ1) is 30.0. The van der Waals surface area contributed by atoms with E-state index in [2.05, 4.69) is 4.74 Å². The molecule has 34 heavy (non-hydrogen) atoms. The number of rotatable bonds is 6. The molecule has 0 spiro atoms. The molecule has 1 aliphatic heterocycles. The van der Waals surface area contributed by atoms with Crippen molar-refractivity contribution in [2.75, 3.05) is 0 Å². The summed E-state index contributed by atoms with van der Waals surface area (Å²) < 4.78 is 86.6. The maximum absolute atomic E-state index is 12.1. The van der Waals surface area contributed by atoms with E-state index in [4.69, 9.17) is 9.47 Å². The largest absolute Gasteiger partial charge is 0.459 e. The van der Waals surface area contributed by atoms with Crippen LogP contribution in [0, 0.1) is 16.7 Å². The van der Waals surface area contributed by atoms with E-state index in [0.717, 1.165) is 19.3 Å². The molecule has 0 aromatic carbocycles. The molecular formula is C22H32F6O6. The third-order valence-corrected chi connectivity index (χ3v) is 6.32. The van der Waals surface area contributed by atoms with Crippen LogP contribution in [-0.2, 0) is 28.6 Å². The summed E-state index contributed by atoms with van der Waals surface area (Å²) in [6, 6.07) is 0. The molecule has 1 aliphatic carbocycles. The van der Waals surface area contributed by atoms with Gasteiger partial charge in [0, 0.05) is 5.92 Å². The molecule has 3 atom stereocenters. The number of carbonyl (C=O) groups excluding carboxylic acids is 3. The maximum Gasteiger partial charge on any atom is 0.434 e. The van der Waals surface area contributed by atoms with Crippen LogP contribution in [0.2, 0.25) is 0 Å². The van der Waals surface area contributed by atoms with Gasteiger partial charge in [0.25, 0.3) is 6.10 Å². The lowest BCUT2D eigenvalue weighted by Crippen LogP contribution is -2.47. The van der Waals surface area contributed by atoms with Crippen molar-refractivity contribution in [1.82, 2.24) is 0 Å². The average Bonchev–Trinajstić information content (AvgIpc) is 3.26. The molecule has 3 unspecified atom stereocenters. The number of ether oxygens (including phenoxy) is 3. The summed E-state index contributed by atoms with van der Waals surface area (Å²) in [7, 11) is 0. The van der Waals surface area contributed by atoms with Crippen LogP contribution in [0.25, 0.3) is 0 Å². The van der Waals surface area contributed by atoms with Crippen molar-refractivity contribution in [2.24, 2.45) is 16.7 Å². The Hall–Kier alpha value is -2.01. The van der Waals surface area contributed by atoms with Crippen molar-refractivity contribution in [3.8, 4) is 0 Å². The Balaban J connectivity index is 0.000000340. The number of halogens is 6. The van der Waals surface area contributed by atoms with Gasteiger partial charge in [-0.05, 0) is 59.8 Å². The van der Waals surface area contributed by atoms with Gasteiger partial charge >= 0.3 is 30.3 Å². The standard InChI is InChI=1S/C13H20O4.C9H12F6O2/c1-4-13(2,3)12(15)17-10-8-6-5-7-9(8)16-11(10)14;1-4-7(2,3)6(16)17-5(8(10,11)12)9(13,14)15/h8-10H,4-7H2,1-3H3;5H,4H2,1-3H3. The average molecular weight is 506 g/mol. The molecule has 0 radical (unpaired) electrons. The van der Waals surface area contributed by atoms with Crippen LogP contribution in [-0.4, -0.2) is 48.6 Å². The maximum atomic E-state index is 12.1. The molecular weight excluding hydrogens is 474 g/mol. The quantitative estimate of drug-likeness (QED) is 0.268. The van der Waals surface area contributed by atoms with Gasteiger partial charge in [-0.25, -0.2) is 4.79 Å². The fourth-order valence-electron chi connectivity index (χ4n) is 3.12. The summed E-state index contributed by atoms with van der Waals surface area (Å²) in [5.74, 6) is -2.10. The number of fused-ring (bicyclic) bond motifs is 1. The Morgan fingerprint density at radius 1 is 0.912 bits per heavy atom. The molecule has 6 nitrogen and oxygen atoms in total. The van der Waals surface area contributed by atoms with Gasteiger partial charge in [0.2, 0.25) is 6.10 Å². The van der Waals surface area contributed by atoms with E-state index in [1.54, 1.807) is 0 Å². The predicted octanol–water partition coefficient (Wildman–Crippen LogP) is 5.52. The highest BCUT2D eigenvalue weighted by molar-refractivity contribution is 5.83. The second-order valence-corrected chi connectivity index (χ2v) is 9.74. The van der Waals surface area contributed by atoms with Crippen molar-refractivity contribution < 1.29 is 54.9 Å². The van der Waals surface area contributed by atoms with Gasteiger partial charge in [-0.1, -0.05) is 13.8 Å². The van der Waals surface area contributed by atoms with E-state index in [-0.39, 0.29) is 30.4 Å². The number of alkyl halides is 6. The van der Waals surface area contributed by atoms with Crippen molar-refractivity contribution in [1.29, 1.82) is 0 Å². The van der Waals surface area contributed by atoms with Crippen molar-refractivity contribution in [3.63, 3.8) is 0 Å². The Kier molecular flexibility index (Phi) is 9.47. The van der Waals surface area contributed by atoms with Crippen molar-refractivity contribution in [2.45, 2.75) is 104 Å². The van der Waals surface area contributed by atoms with Crippen LogP contribution < -0.4 is 0 Å². The molecule has 1 saturated carbocycles. The second-order valence-electron chi connectivity index (χ2n) is 9.74. The normalized spacial score (nSPS) is 23.1. The first-order valence-corrected chi connectivity index (χ1v) is 11.0. The Labute approximate surface area is 194 Å². The molecule has 0 aromatic rings. The van der Waals surface area contributed by atoms with Gasteiger partial charge < -0.3 is 14.2 Å². The van der Waals surface area contributed by atoms with E-state index < -0.39 is 41.4 Å². The number of hydrogen-bond acceptors (Lipinski definition) is 6. The first-order valence-electron chi connectivity index (χ1n) is 11.0. The molecule has 198 valence electrons. The minimum atomic E-state index is -5.67. The van der Waals surface area contributed by atoms with Crippen LogP contribution in [0.4, 0.5) is 26.3 Å². The fraction of sp³-hybridized carbons (Fsp3) is 0.864. The topological polar surface area (TPSA) is 78.9 Å². The zero-order valence-corrected chi connectivity index (χ0v) is 20.1. The summed E-state index contributed by atoms with van der Waals surface area (Å²) in [4.78, 5) is 34.8. The predicted molar refractivity (Wildman–Crippen MR) is 107 cm³/mol. The van der Waals surface area contributed by atoms with Crippen LogP contribution in [0.3, 0.4) is 0 Å².